The summed E-state index contributed by atoms with van der Waals surface area (Å²) in [5.74, 6) is 0. The van der Waals surface area contributed by atoms with Gasteiger partial charge in [0.15, 0.2) is 0 Å². The number of anilines is 1. The molecule has 1 aromatic carbocycles. The third-order valence-corrected chi connectivity index (χ3v) is 4.86. The predicted molar refractivity (Wildman–Crippen MR) is 105 cm³/mol. The van der Waals surface area contributed by atoms with E-state index in [1.54, 1.807) is 0 Å². The Morgan fingerprint density at radius 2 is 1.92 bits per heavy atom. The Bertz CT molecular complexity index is 796. The van der Waals surface area contributed by atoms with Gasteiger partial charge in [-0.3, -0.25) is 4.98 Å². The number of aromatic nitrogens is 1. The number of aryl methyl sites for hydroxylation is 2. The number of hydrogen-bond acceptors (Lipinski definition) is 4. The van der Waals surface area contributed by atoms with E-state index >= 15 is 0 Å². The number of hydrogen-bond donors (Lipinski definition) is 0. The fourth-order valence-corrected chi connectivity index (χ4v) is 3.60. The molecule has 2 heterocycles. The van der Waals surface area contributed by atoms with E-state index in [9.17, 15) is 0 Å². The quantitative estimate of drug-likeness (QED) is 0.795. The highest BCUT2D eigenvalue weighted by Gasteiger charge is 2.19. The van der Waals surface area contributed by atoms with Gasteiger partial charge in [0.05, 0.1) is 16.6 Å². The number of piperazine rings is 1. The van der Waals surface area contributed by atoms with E-state index in [1.807, 2.05) is 25.1 Å². The van der Waals surface area contributed by atoms with Crippen molar-refractivity contribution in [1.82, 2.24) is 9.88 Å². The molecule has 1 aromatic heterocycles. The van der Waals surface area contributed by atoms with Gasteiger partial charge in [-0.1, -0.05) is 18.3 Å². The molecule has 0 unspecified atom stereocenters. The monoisotopic (exact) mass is 350 g/mol. The number of thiocarbonyl (C=S) groups is 1. The third kappa shape index (κ3) is 4.34. The van der Waals surface area contributed by atoms with Crippen LogP contribution in [0, 0.1) is 25.2 Å². The van der Waals surface area contributed by atoms with Crippen molar-refractivity contribution in [2.24, 2.45) is 0 Å². The van der Waals surface area contributed by atoms with Crippen LogP contribution in [0.5, 0.6) is 0 Å². The largest absolute Gasteiger partial charge is 0.368 e. The lowest BCUT2D eigenvalue weighted by molar-refractivity contribution is 0.387. The summed E-state index contributed by atoms with van der Waals surface area (Å²) in [6, 6.07) is 14.2. The number of nitriles is 1. The number of pyridine rings is 1. The second kappa shape index (κ2) is 7.62. The Morgan fingerprint density at radius 1 is 1.16 bits per heavy atom. The Balaban J connectivity index is 1.60. The van der Waals surface area contributed by atoms with E-state index in [-0.39, 0.29) is 0 Å². The first-order valence-corrected chi connectivity index (χ1v) is 8.93. The lowest BCUT2D eigenvalue weighted by Gasteiger charge is -2.37. The van der Waals surface area contributed by atoms with Gasteiger partial charge in [-0.05, 0) is 49.7 Å². The summed E-state index contributed by atoms with van der Waals surface area (Å²) in [6.45, 7) is 7.74. The molecule has 0 saturated carbocycles. The minimum Gasteiger partial charge on any atom is -0.368 e. The SMILES string of the molecule is Cc1cc(C)nc(CC(=S)N2CCN(c3cccc(C#N)c3)CC2)c1. The van der Waals surface area contributed by atoms with E-state index in [2.05, 4.69) is 46.0 Å². The summed E-state index contributed by atoms with van der Waals surface area (Å²) in [6.07, 6.45) is 0.724. The van der Waals surface area contributed by atoms with Gasteiger partial charge in [-0.2, -0.15) is 5.26 Å². The zero-order valence-electron chi connectivity index (χ0n) is 14.7. The molecule has 1 aliphatic rings. The Kier molecular flexibility index (Phi) is 5.30. The van der Waals surface area contributed by atoms with E-state index in [0.717, 1.165) is 54.7 Å². The first kappa shape index (κ1) is 17.4. The van der Waals surface area contributed by atoms with Crippen LogP contribution in [0.15, 0.2) is 36.4 Å². The average Bonchev–Trinajstić information content (AvgIpc) is 2.61. The minimum atomic E-state index is 0.705. The Morgan fingerprint density at radius 3 is 2.60 bits per heavy atom. The van der Waals surface area contributed by atoms with Crippen molar-refractivity contribution in [3.8, 4) is 6.07 Å². The van der Waals surface area contributed by atoms with Gasteiger partial charge in [0.1, 0.15) is 0 Å². The van der Waals surface area contributed by atoms with Gasteiger partial charge in [0.2, 0.25) is 0 Å². The zero-order valence-corrected chi connectivity index (χ0v) is 15.5. The van der Waals surface area contributed by atoms with Crippen molar-refractivity contribution in [3.05, 3.63) is 58.9 Å². The normalized spacial score (nSPS) is 14.3. The molecule has 1 aliphatic heterocycles. The predicted octanol–water partition coefficient (Wildman–Crippen LogP) is 3.26. The van der Waals surface area contributed by atoms with Crippen LogP contribution in [-0.4, -0.2) is 41.1 Å². The van der Waals surface area contributed by atoms with Crippen LogP contribution < -0.4 is 4.90 Å². The highest BCUT2D eigenvalue weighted by molar-refractivity contribution is 7.80. The standard InChI is InChI=1S/C20H22N4S/c1-15-10-16(2)22-18(11-15)13-20(25)24-8-6-23(7-9-24)19-5-3-4-17(12-19)14-21/h3-5,10-12H,6-9,13H2,1-2H3. The van der Waals surface area contributed by atoms with E-state index in [1.165, 1.54) is 5.56 Å². The minimum absolute atomic E-state index is 0.705. The maximum absolute atomic E-state index is 9.05. The summed E-state index contributed by atoms with van der Waals surface area (Å²) in [4.78, 5) is 10.1. The summed E-state index contributed by atoms with van der Waals surface area (Å²) in [5, 5.41) is 9.05. The van der Waals surface area contributed by atoms with Crippen molar-refractivity contribution in [2.75, 3.05) is 31.1 Å². The molecular formula is C20H22N4S. The highest BCUT2D eigenvalue weighted by Crippen LogP contribution is 2.18. The van der Waals surface area contributed by atoms with Crippen LogP contribution in [0.1, 0.15) is 22.5 Å². The molecule has 1 saturated heterocycles. The molecule has 5 heteroatoms. The van der Waals surface area contributed by atoms with Crippen molar-refractivity contribution in [1.29, 1.82) is 5.26 Å². The van der Waals surface area contributed by atoms with Crippen LogP contribution in [-0.2, 0) is 6.42 Å². The van der Waals surface area contributed by atoms with Crippen molar-refractivity contribution >= 4 is 22.9 Å². The molecule has 25 heavy (non-hydrogen) atoms. The first-order valence-electron chi connectivity index (χ1n) is 8.52. The molecule has 0 spiro atoms. The van der Waals surface area contributed by atoms with Crippen LogP contribution in [0.2, 0.25) is 0 Å². The molecule has 0 bridgehead atoms. The second-order valence-corrected chi connectivity index (χ2v) is 6.96. The third-order valence-electron chi connectivity index (χ3n) is 4.46. The maximum atomic E-state index is 9.05. The molecule has 0 amide bonds. The van der Waals surface area contributed by atoms with Crippen molar-refractivity contribution < 1.29 is 0 Å². The summed E-state index contributed by atoms with van der Waals surface area (Å²) < 4.78 is 0. The van der Waals surface area contributed by atoms with E-state index in [0.29, 0.717) is 5.56 Å². The number of rotatable bonds is 3. The van der Waals surface area contributed by atoms with Gasteiger partial charge >= 0.3 is 0 Å². The van der Waals surface area contributed by atoms with E-state index in [4.69, 9.17) is 17.5 Å². The van der Waals surface area contributed by atoms with Gasteiger partial charge in [-0.15, -0.1) is 0 Å². The number of nitrogens with zero attached hydrogens (tertiary/aromatic N) is 4. The fraction of sp³-hybridized carbons (Fsp3) is 0.350. The van der Waals surface area contributed by atoms with E-state index < -0.39 is 0 Å². The maximum Gasteiger partial charge on any atom is 0.0992 e. The van der Waals surface area contributed by atoms with Gasteiger partial charge in [0.25, 0.3) is 0 Å². The van der Waals surface area contributed by atoms with Crippen LogP contribution >= 0.6 is 12.2 Å². The molecule has 0 atom stereocenters. The fourth-order valence-electron chi connectivity index (χ4n) is 3.27. The molecule has 1 fully saturated rings. The van der Waals surface area contributed by atoms with Crippen molar-refractivity contribution in [3.63, 3.8) is 0 Å². The molecule has 0 N–H and O–H groups in total. The molecule has 2 aromatic rings. The average molecular weight is 350 g/mol. The van der Waals surface area contributed by atoms with Gasteiger partial charge in [0, 0.05) is 49.7 Å². The smallest absolute Gasteiger partial charge is 0.0992 e. The lowest BCUT2D eigenvalue weighted by atomic mass is 10.1. The van der Waals surface area contributed by atoms with Crippen LogP contribution in [0.4, 0.5) is 5.69 Å². The Labute approximate surface area is 154 Å². The molecule has 0 aliphatic carbocycles. The lowest BCUT2D eigenvalue weighted by Crippen LogP contribution is -2.48. The Hall–Kier alpha value is -2.45. The van der Waals surface area contributed by atoms with Crippen molar-refractivity contribution in [2.45, 2.75) is 20.3 Å². The summed E-state index contributed by atoms with van der Waals surface area (Å²) in [5.41, 5.74) is 5.14. The number of benzene rings is 1. The topological polar surface area (TPSA) is 43.2 Å². The van der Waals surface area contributed by atoms with Crippen LogP contribution in [0.25, 0.3) is 0 Å². The second-order valence-electron chi connectivity index (χ2n) is 6.48. The first-order chi connectivity index (χ1) is 12.0. The van der Waals surface area contributed by atoms with Gasteiger partial charge < -0.3 is 9.80 Å². The molecule has 128 valence electrons. The molecule has 4 nitrogen and oxygen atoms in total. The zero-order chi connectivity index (χ0) is 17.8. The van der Waals surface area contributed by atoms with Gasteiger partial charge in [-0.25, -0.2) is 0 Å². The van der Waals surface area contributed by atoms with Crippen LogP contribution in [0.3, 0.4) is 0 Å². The molecular weight excluding hydrogens is 328 g/mol. The molecule has 0 radical (unpaired) electrons. The summed E-state index contributed by atoms with van der Waals surface area (Å²) >= 11 is 5.66. The molecule has 3 rings (SSSR count). The summed E-state index contributed by atoms with van der Waals surface area (Å²) in [7, 11) is 0. The highest BCUT2D eigenvalue weighted by atomic mass is 32.1.